The molecule has 1 aromatic carbocycles. The minimum absolute atomic E-state index is 0.172. The predicted molar refractivity (Wildman–Crippen MR) is 88.0 cm³/mol. The number of nitrogens with two attached hydrogens (primary N) is 1. The number of rotatable bonds is 4. The molecule has 1 heterocycles. The van der Waals surface area contributed by atoms with Gasteiger partial charge >= 0.3 is 0 Å². The number of carbonyl (C=O) groups is 2. The van der Waals surface area contributed by atoms with Gasteiger partial charge < -0.3 is 11.1 Å². The maximum atomic E-state index is 12.4. The Bertz CT molecular complexity index is 580. The zero-order valence-corrected chi connectivity index (χ0v) is 13.8. The van der Waals surface area contributed by atoms with E-state index in [9.17, 15) is 9.59 Å². The standard InChI is InChI=1S/C15H19Cl2N3O2/c1-9(20-6-2-3-10(8-20)14(18)21)15(22)19-13-5-4-11(16)7-12(13)17/h4-5,7,9-10H,2-3,6,8H2,1H3,(H2,18,21)(H,19,22)/t9-,10+/m0/s1. The van der Waals surface area contributed by atoms with Crippen LogP contribution in [-0.2, 0) is 9.59 Å². The van der Waals surface area contributed by atoms with Gasteiger partial charge in [0.1, 0.15) is 0 Å². The maximum Gasteiger partial charge on any atom is 0.241 e. The lowest BCUT2D eigenvalue weighted by molar-refractivity contribution is -0.127. The van der Waals surface area contributed by atoms with Crippen LogP contribution in [0.4, 0.5) is 5.69 Å². The summed E-state index contributed by atoms with van der Waals surface area (Å²) in [5.74, 6) is -0.671. The number of likely N-dealkylation sites (tertiary alicyclic amines) is 1. The van der Waals surface area contributed by atoms with Gasteiger partial charge in [-0.3, -0.25) is 14.5 Å². The van der Waals surface area contributed by atoms with Crippen molar-refractivity contribution in [2.45, 2.75) is 25.8 Å². The van der Waals surface area contributed by atoms with Crippen molar-refractivity contribution in [3.63, 3.8) is 0 Å². The smallest absolute Gasteiger partial charge is 0.241 e. The molecule has 2 rings (SSSR count). The molecule has 1 fully saturated rings. The molecule has 0 aliphatic carbocycles. The molecule has 0 spiro atoms. The van der Waals surface area contributed by atoms with E-state index in [0.717, 1.165) is 19.4 Å². The van der Waals surface area contributed by atoms with Crippen LogP contribution in [0, 0.1) is 5.92 Å². The lowest BCUT2D eigenvalue weighted by Crippen LogP contribution is -2.49. The van der Waals surface area contributed by atoms with Gasteiger partial charge in [-0.25, -0.2) is 0 Å². The van der Waals surface area contributed by atoms with Gasteiger partial charge in [-0.2, -0.15) is 0 Å². The van der Waals surface area contributed by atoms with Crippen molar-refractivity contribution in [2.75, 3.05) is 18.4 Å². The summed E-state index contributed by atoms with van der Waals surface area (Å²) < 4.78 is 0. The zero-order valence-electron chi connectivity index (χ0n) is 12.3. The highest BCUT2D eigenvalue weighted by molar-refractivity contribution is 6.36. The lowest BCUT2D eigenvalue weighted by atomic mass is 9.96. The van der Waals surface area contributed by atoms with Crippen molar-refractivity contribution in [2.24, 2.45) is 11.7 Å². The molecule has 22 heavy (non-hydrogen) atoms. The van der Waals surface area contributed by atoms with E-state index in [2.05, 4.69) is 5.32 Å². The molecule has 0 bridgehead atoms. The highest BCUT2D eigenvalue weighted by atomic mass is 35.5. The first-order chi connectivity index (χ1) is 10.4. The molecule has 5 nitrogen and oxygen atoms in total. The molecule has 2 amide bonds. The molecule has 120 valence electrons. The van der Waals surface area contributed by atoms with Crippen molar-refractivity contribution >= 4 is 40.7 Å². The number of carbonyl (C=O) groups excluding carboxylic acids is 2. The molecule has 1 aliphatic rings. The molecule has 0 radical (unpaired) electrons. The van der Waals surface area contributed by atoms with Crippen LogP contribution in [0.25, 0.3) is 0 Å². The number of hydrogen-bond donors (Lipinski definition) is 2. The van der Waals surface area contributed by atoms with Gasteiger partial charge in [0.05, 0.1) is 22.7 Å². The van der Waals surface area contributed by atoms with Crippen molar-refractivity contribution < 1.29 is 9.59 Å². The topological polar surface area (TPSA) is 75.4 Å². The van der Waals surface area contributed by atoms with Crippen molar-refractivity contribution in [3.05, 3.63) is 28.2 Å². The number of benzene rings is 1. The van der Waals surface area contributed by atoms with Crippen molar-refractivity contribution in [3.8, 4) is 0 Å². The van der Waals surface area contributed by atoms with Crippen LogP contribution in [0.15, 0.2) is 18.2 Å². The summed E-state index contributed by atoms with van der Waals surface area (Å²) in [6.45, 7) is 3.09. The number of nitrogens with zero attached hydrogens (tertiary/aromatic N) is 1. The minimum atomic E-state index is -0.367. The zero-order chi connectivity index (χ0) is 16.3. The van der Waals surface area contributed by atoms with E-state index in [-0.39, 0.29) is 23.8 Å². The average Bonchev–Trinajstić information content (AvgIpc) is 2.49. The SMILES string of the molecule is C[C@@H](C(=O)Nc1ccc(Cl)cc1Cl)N1CCC[C@@H](C(N)=O)C1. The number of anilines is 1. The summed E-state index contributed by atoms with van der Waals surface area (Å²) in [4.78, 5) is 25.7. The number of hydrogen-bond acceptors (Lipinski definition) is 3. The van der Waals surface area contributed by atoms with E-state index in [1.54, 1.807) is 18.2 Å². The van der Waals surface area contributed by atoms with Gasteiger partial charge in [-0.05, 0) is 44.5 Å². The van der Waals surface area contributed by atoms with Crippen LogP contribution < -0.4 is 11.1 Å². The lowest BCUT2D eigenvalue weighted by Gasteiger charge is -2.34. The fraction of sp³-hybridized carbons (Fsp3) is 0.467. The number of piperidine rings is 1. The molecule has 1 aromatic rings. The van der Waals surface area contributed by atoms with Crippen molar-refractivity contribution in [1.29, 1.82) is 0 Å². The second kappa shape index (κ2) is 7.31. The second-order valence-corrected chi connectivity index (χ2v) is 6.37. The average molecular weight is 344 g/mol. The highest BCUT2D eigenvalue weighted by Crippen LogP contribution is 2.26. The van der Waals surface area contributed by atoms with Gasteiger partial charge in [0.15, 0.2) is 0 Å². The van der Waals surface area contributed by atoms with E-state index >= 15 is 0 Å². The Balaban J connectivity index is 2.01. The van der Waals surface area contributed by atoms with Crippen LogP contribution in [0.2, 0.25) is 10.0 Å². The number of amides is 2. The first-order valence-corrected chi connectivity index (χ1v) is 7.93. The Hall–Kier alpha value is -1.30. The summed E-state index contributed by atoms with van der Waals surface area (Å²) in [6.07, 6.45) is 1.64. The van der Waals surface area contributed by atoms with E-state index < -0.39 is 0 Å². The molecule has 3 N–H and O–H groups in total. The van der Waals surface area contributed by atoms with Gasteiger partial charge in [0.2, 0.25) is 11.8 Å². The van der Waals surface area contributed by atoms with Gasteiger partial charge in [-0.15, -0.1) is 0 Å². The third kappa shape index (κ3) is 4.12. The summed E-state index contributed by atoms with van der Waals surface area (Å²) in [5.41, 5.74) is 5.89. The van der Waals surface area contributed by atoms with Crippen LogP contribution in [0.1, 0.15) is 19.8 Å². The van der Waals surface area contributed by atoms with E-state index in [1.165, 1.54) is 0 Å². The highest BCUT2D eigenvalue weighted by Gasteiger charge is 2.29. The Morgan fingerprint density at radius 3 is 2.77 bits per heavy atom. The molecule has 1 aliphatic heterocycles. The second-order valence-electron chi connectivity index (χ2n) is 5.53. The first-order valence-electron chi connectivity index (χ1n) is 7.17. The number of nitrogens with one attached hydrogen (secondary N) is 1. The van der Waals surface area contributed by atoms with Crippen LogP contribution in [0.5, 0.6) is 0 Å². The third-order valence-corrected chi connectivity index (χ3v) is 4.52. The number of primary amides is 1. The normalized spacial score (nSPS) is 20.4. The quantitative estimate of drug-likeness (QED) is 0.881. The first kappa shape index (κ1) is 17.1. The fourth-order valence-electron chi connectivity index (χ4n) is 2.58. The van der Waals surface area contributed by atoms with E-state index in [1.807, 2.05) is 11.8 Å². The molecule has 0 saturated carbocycles. The predicted octanol–water partition coefficient (Wildman–Crippen LogP) is 2.52. The molecule has 7 heteroatoms. The molecular formula is C15H19Cl2N3O2. The Morgan fingerprint density at radius 1 is 1.41 bits per heavy atom. The molecular weight excluding hydrogens is 325 g/mol. The Kier molecular flexibility index (Phi) is 5.67. The van der Waals surface area contributed by atoms with Gasteiger partial charge in [0, 0.05) is 11.6 Å². The Labute approximate surface area is 139 Å². The van der Waals surface area contributed by atoms with Crippen molar-refractivity contribution in [1.82, 2.24) is 4.90 Å². The largest absolute Gasteiger partial charge is 0.369 e. The number of halogens is 2. The van der Waals surface area contributed by atoms with E-state index in [0.29, 0.717) is 22.3 Å². The third-order valence-electron chi connectivity index (χ3n) is 3.97. The minimum Gasteiger partial charge on any atom is -0.369 e. The molecule has 0 aromatic heterocycles. The molecule has 0 unspecified atom stereocenters. The van der Waals surface area contributed by atoms with Gasteiger partial charge in [0.25, 0.3) is 0 Å². The van der Waals surface area contributed by atoms with Crippen LogP contribution in [0.3, 0.4) is 0 Å². The fourth-order valence-corrected chi connectivity index (χ4v) is 3.04. The maximum absolute atomic E-state index is 12.4. The summed E-state index contributed by atoms with van der Waals surface area (Å²) in [6, 6.07) is 4.54. The molecule has 1 saturated heterocycles. The van der Waals surface area contributed by atoms with Crippen LogP contribution in [-0.4, -0.2) is 35.8 Å². The van der Waals surface area contributed by atoms with Gasteiger partial charge in [-0.1, -0.05) is 23.2 Å². The summed E-state index contributed by atoms with van der Waals surface area (Å²) in [7, 11) is 0. The summed E-state index contributed by atoms with van der Waals surface area (Å²) >= 11 is 11.9. The summed E-state index contributed by atoms with van der Waals surface area (Å²) in [5, 5.41) is 3.69. The monoisotopic (exact) mass is 343 g/mol. The van der Waals surface area contributed by atoms with Crippen LogP contribution >= 0.6 is 23.2 Å². The Morgan fingerprint density at radius 2 is 2.14 bits per heavy atom. The molecule has 2 atom stereocenters. The van der Waals surface area contributed by atoms with E-state index in [4.69, 9.17) is 28.9 Å².